The van der Waals surface area contributed by atoms with Crippen molar-refractivity contribution in [3.8, 4) is 6.07 Å². The number of nitrogens with zero attached hydrogens (tertiary/aromatic N) is 5. The molecule has 0 saturated carbocycles. The van der Waals surface area contributed by atoms with Crippen molar-refractivity contribution in [2.24, 2.45) is 7.05 Å². The second kappa shape index (κ2) is 7.78. The number of hydrogen-bond donors (Lipinski definition) is 1. The van der Waals surface area contributed by atoms with E-state index in [1.807, 2.05) is 31.4 Å². The summed E-state index contributed by atoms with van der Waals surface area (Å²) in [4.78, 5) is 9.19. The Labute approximate surface area is 159 Å². The van der Waals surface area contributed by atoms with Crippen molar-refractivity contribution in [1.29, 1.82) is 5.26 Å². The van der Waals surface area contributed by atoms with Crippen LogP contribution in [0.4, 0.5) is 11.6 Å². The van der Waals surface area contributed by atoms with Crippen LogP contribution in [0.3, 0.4) is 0 Å². The molecule has 1 aliphatic heterocycles. The van der Waals surface area contributed by atoms with Gasteiger partial charge in [0.25, 0.3) is 0 Å². The van der Waals surface area contributed by atoms with Gasteiger partial charge in [0.1, 0.15) is 5.52 Å². The predicted octanol–water partition coefficient (Wildman–Crippen LogP) is 2.72. The molecule has 8 nitrogen and oxygen atoms in total. The highest BCUT2D eigenvalue weighted by Crippen LogP contribution is 2.29. The largest absolute Gasteiger partial charge is 0.412 e. The van der Waals surface area contributed by atoms with Crippen LogP contribution in [0.15, 0.2) is 24.4 Å². The summed E-state index contributed by atoms with van der Waals surface area (Å²) in [6.07, 6.45) is 4.70. The number of rotatable bonds is 4. The fraction of sp³-hybridized carbons (Fsp3) is 0.421. The maximum Gasteiger partial charge on any atom is 0.229 e. The molecule has 0 amide bonds. The molecule has 0 spiro atoms. The average molecular weight is 370 g/mol. The zero-order valence-corrected chi connectivity index (χ0v) is 15.6. The molecule has 8 heteroatoms. The van der Waals surface area contributed by atoms with E-state index in [-0.39, 0.29) is 6.90 Å². The third-order valence-electron chi connectivity index (χ3n) is 5.04. The average Bonchev–Trinajstić information content (AvgIpc) is 2.69. The summed E-state index contributed by atoms with van der Waals surface area (Å²) in [5.74, 6) is 0.577. The highest BCUT2D eigenvalue weighted by molar-refractivity contribution is 5.75. The lowest BCUT2D eigenvalue weighted by molar-refractivity contribution is 0.0631. The zero-order valence-electron chi connectivity index (χ0n) is 15.6. The maximum atomic E-state index is 9.08. The van der Waals surface area contributed by atoms with Crippen LogP contribution in [0.1, 0.15) is 38.4 Å². The molecule has 1 fully saturated rings. The lowest BCUT2D eigenvalue weighted by atomic mass is 10.1. The minimum Gasteiger partial charge on any atom is -0.412 e. The third kappa shape index (κ3) is 3.39. The monoisotopic (exact) mass is 370 g/mol. The Morgan fingerprint density at radius 3 is 2.85 bits per heavy atom. The molecule has 1 aromatic carbocycles. The van der Waals surface area contributed by atoms with Gasteiger partial charge in [0, 0.05) is 27.4 Å². The molecule has 0 bridgehead atoms. The van der Waals surface area contributed by atoms with Gasteiger partial charge in [-0.25, -0.2) is 4.98 Å². The second-order valence-electron chi connectivity index (χ2n) is 6.58. The number of nitrogens with one attached hydrogen (secondary N) is 1. The van der Waals surface area contributed by atoms with E-state index in [0.29, 0.717) is 17.6 Å². The van der Waals surface area contributed by atoms with Crippen LogP contribution in [0.2, 0.25) is 0 Å². The quantitative estimate of drug-likeness (QED) is 0.759. The van der Waals surface area contributed by atoms with Crippen molar-refractivity contribution in [2.45, 2.75) is 32.2 Å². The smallest absolute Gasteiger partial charge is 0.229 e. The molecular weight excluding hydrogens is 344 g/mol. The van der Waals surface area contributed by atoms with Gasteiger partial charge in [0.15, 0.2) is 5.65 Å². The summed E-state index contributed by atoms with van der Waals surface area (Å²) < 4.78 is 9.84. The molecule has 3 aromatic rings. The van der Waals surface area contributed by atoms with Gasteiger partial charge in [-0.15, -0.1) is 0 Å². The maximum absolute atomic E-state index is 9.08. The molecule has 1 aliphatic rings. The van der Waals surface area contributed by atoms with Crippen molar-refractivity contribution in [2.75, 3.05) is 18.5 Å². The van der Waals surface area contributed by atoms with Crippen LogP contribution in [0, 0.1) is 11.3 Å². The Kier molecular flexibility index (Phi) is 5.44. The Hall–Kier alpha value is -2.89. The van der Waals surface area contributed by atoms with E-state index in [9.17, 15) is 0 Å². The molecule has 3 heterocycles. The molecule has 1 saturated heterocycles. The summed E-state index contributed by atoms with van der Waals surface area (Å²) in [7, 11) is 2.05. The van der Waals surface area contributed by atoms with Gasteiger partial charge in [-0.1, -0.05) is 6.92 Å². The number of ether oxygens (including phenoxy) is 1. The highest BCUT2D eigenvalue weighted by Gasteiger charge is 2.23. The van der Waals surface area contributed by atoms with Gasteiger partial charge in [-0.05, 0) is 43.0 Å². The lowest BCUT2D eigenvalue weighted by Crippen LogP contribution is -2.30. The summed E-state index contributed by atoms with van der Waals surface area (Å²) in [5.41, 5.74) is 4.68. The molecule has 0 radical (unpaired) electrons. The topological polar surface area (TPSA) is 112 Å². The van der Waals surface area contributed by atoms with Gasteiger partial charge in [-0.2, -0.15) is 10.2 Å². The van der Waals surface area contributed by atoms with E-state index in [1.54, 1.807) is 0 Å². The van der Waals surface area contributed by atoms with Crippen LogP contribution in [0.5, 0.6) is 0 Å². The van der Waals surface area contributed by atoms with E-state index >= 15 is 0 Å². The summed E-state index contributed by atoms with van der Waals surface area (Å²) in [6, 6.07) is 8.24. The highest BCUT2D eigenvalue weighted by atomic mass is 16.5. The SMILES string of the molecule is CCc1cc(C#N)ccc1Nc1ncc2c(n1)n(C1CCOCC1)n2C.O.[HH]. The van der Waals surface area contributed by atoms with Crippen molar-refractivity contribution in [3.63, 3.8) is 0 Å². The molecule has 0 unspecified atom stereocenters. The molecule has 27 heavy (non-hydrogen) atoms. The molecule has 4 rings (SSSR count). The lowest BCUT2D eigenvalue weighted by Gasteiger charge is -2.32. The zero-order chi connectivity index (χ0) is 18.1. The van der Waals surface area contributed by atoms with Crippen LogP contribution in [0.25, 0.3) is 11.2 Å². The number of benzene rings is 1. The fourth-order valence-corrected chi connectivity index (χ4v) is 3.58. The van der Waals surface area contributed by atoms with Gasteiger partial charge < -0.3 is 15.5 Å². The van der Waals surface area contributed by atoms with Gasteiger partial charge in [-0.3, -0.25) is 9.36 Å². The van der Waals surface area contributed by atoms with Gasteiger partial charge in [0.2, 0.25) is 5.95 Å². The first-order chi connectivity index (χ1) is 12.7. The van der Waals surface area contributed by atoms with E-state index in [0.717, 1.165) is 54.9 Å². The van der Waals surface area contributed by atoms with Crippen molar-refractivity contribution in [1.82, 2.24) is 19.3 Å². The standard InChI is InChI=1S/C19H22N6O.H2O.H2/c1-3-14-10-13(11-20)4-5-16(14)22-19-21-12-17-18(23-19)25(24(17)2)15-6-8-26-9-7-15;;/h4-5,10,12,15H,3,6-9H2,1-2H3,(H,21,22,23);1H2;1H. The summed E-state index contributed by atoms with van der Waals surface area (Å²) in [5, 5.41) is 12.4. The number of anilines is 2. The summed E-state index contributed by atoms with van der Waals surface area (Å²) >= 11 is 0. The number of hydrogen-bond acceptors (Lipinski definition) is 5. The summed E-state index contributed by atoms with van der Waals surface area (Å²) in [6.45, 7) is 3.67. The first-order valence-electron chi connectivity index (χ1n) is 8.99. The molecule has 144 valence electrons. The minimum absolute atomic E-state index is 0. The van der Waals surface area contributed by atoms with Gasteiger partial charge in [0.05, 0.1) is 23.9 Å². The van der Waals surface area contributed by atoms with Crippen LogP contribution in [-0.4, -0.2) is 38.0 Å². The van der Waals surface area contributed by atoms with Crippen molar-refractivity contribution in [3.05, 3.63) is 35.5 Å². The number of aryl methyl sites for hydroxylation is 2. The fourth-order valence-electron chi connectivity index (χ4n) is 3.58. The van der Waals surface area contributed by atoms with Crippen LogP contribution < -0.4 is 5.32 Å². The first-order valence-corrected chi connectivity index (χ1v) is 8.99. The number of aromatic nitrogens is 4. The van der Waals surface area contributed by atoms with E-state index in [4.69, 9.17) is 15.0 Å². The van der Waals surface area contributed by atoms with E-state index in [1.165, 1.54) is 0 Å². The third-order valence-corrected chi connectivity index (χ3v) is 5.04. The van der Waals surface area contributed by atoms with Crippen LogP contribution >= 0.6 is 0 Å². The number of nitriles is 1. The van der Waals surface area contributed by atoms with E-state index in [2.05, 4.69) is 32.7 Å². The Bertz CT molecular complexity index is 984. The Morgan fingerprint density at radius 2 is 2.15 bits per heavy atom. The number of fused-ring (bicyclic) bond motifs is 1. The Morgan fingerprint density at radius 1 is 1.37 bits per heavy atom. The molecular formula is C19H26N6O2. The van der Waals surface area contributed by atoms with Crippen molar-refractivity contribution < 1.29 is 11.6 Å². The minimum atomic E-state index is 0. The molecule has 2 aromatic heterocycles. The molecule has 3 N–H and O–H groups in total. The van der Waals surface area contributed by atoms with E-state index < -0.39 is 0 Å². The van der Waals surface area contributed by atoms with Gasteiger partial charge >= 0.3 is 0 Å². The van der Waals surface area contributed by atoms with Crippen LogP contribution in [-0.2, 0) is 18.2 Å². The van der Waals surface area contributed by atoms with Crippen molar-refractivity contribution >= 4 is 22.8 Å². The second-order valence-corrected chi connectivity index (χ2v) is 6.58. The normalized spacial score (nSPS) is 14.7. The first kappa shape index (κ1) is 18.9. The molecule has 0 atom stereocenters. The predicted molar refractivity (Wildman–Crippen MR) is 105 cm³/mol. The Balaban J connectivity index is 0.00000140. The molecule has 0 aliphatic carbocycles.